The molecule has 1 aromatic carbocycles. The van der Waals surface area contributed by atoms with Crippen molar-refractivity contribution in [2.75, 3.05) is 40.5 Å². The third-order valence-electron chi connectivity index (χ3n) is 8.55. The highest BCUT2D eigenvalue weighted by Gasteiger charge is 2.07. The topological polar surface area (TPSA) is 74.3 Å². The van der Waals surface area contributed by atoms with E-state index in [4.69, 9.17) is 18.9 Å². The summed E-state index contributed by atoms with van der Waals surface area (Å²) in [6, 6.07) is 6.20. The molecule has 0 aliphatic rings. The Morgan fingerprint density at radius 2 is 0.833 bits per heavy atom. The highest BCUT2D eigenvalue weighted by Crippen LogP contribution is 2.25. The van der Waals surface area contributed by atoms with Crippen LogP contribution in [0.15, 0.2) is 18.2 Å². The van der Waals surface area contributed by atoms with Gasteiger partial charge in [-0.15, -0.1) is 0 Å². The van der Waals surface area contributed by atoms with E-state index in [1.807, 2.05) is 6.07 Å². The van der Waals surface area contributed by atoms with Gasteiger partial charge in [-0.2, -0.15) is 0 Å². The van der Waals surface area contributed by atoms with Crippen LogP contribution in [0, 0.1) is 0 Å². The van der Waals surface area contributed by atoms with Gasteiger partial charge in [-0.3, -0.25) is 9.59 Å². The first-order valence-corrected chi connectivity index (χ1v) is 19.8. The predicted molar refractivity (Wildman–Crippen MR) is 199 cm³/mol. The van der Waals surface area contributed by atoms with E-state index in [0.29, 0.717) is 39.3 Å². The molecule has 0 bridgehead atoms. The number of hydrogen-bond donors (Lipinski definition) is 0. The van der Waals surface area contributed by atoms with Crippen molar-refractivity contribution in [3.63, 3.8) is 0 Å². The van der Waals surface area contributed by atoms with Crippen molar-refractivity contribution in [3.05, 3.63) is 23.8 Å². The molecule has 0 aliphatic heterocycles. The Bertz CT molecular complexity index is 841. The average molecular weight is 676 g/mol. The summed E-state index contributed by atoms with van der Waals surface area (Å²) in [5.41, 5.74) is 1.17. The van der Waals surface area contributed by atoms with E-state index in [1.165, 1.54) is 69.8 Å². The molecule has 0 radical (unpaired) electrons. The largest absolute Gasteiger partial charge is 0.493 e. The van der Waals surface area contributed by atoms with E-state index in [9.17, 15) is 9.59 Å². The molecule has 0 amide bonds. The van der Waals surface area contributed by atoms with Crippen molar-refractivity contribution in [2.24, 2.45) is 0 Å². The average Bonchev–Trinajstić information content (AvgIpc) is 3.06. The van der Waals surface area contributed by atoms with Crippen molar-refractivity contribution >= 4 is 11.9 Å². The molecule has 278 valence electrons. The molecule has 0 unspecified atom stereocenters. The SMILES string of the molecule is CCCCCCCCCC(=O)OCCCCCCOc1cc(CN(C)C)cc(OCCCCCCOC(=O)CCCCCCCCC)c1. The molecule has 48 heavy (non-hydrogen) atoms. The standard InChI is InChI=1S/C41H73NO6/c1-5-7-9-11-13-15-21-27-40(43)47-31-25-19-17-23-29-45-38-33-37(36-42(3)4)34-39(35-38)46-30-24-18-20-26-32-48-41(44)28-22-16-14-12-10-8-6-2/h33-35H,5-32,36H2,1-4H3. The minimum Gasteiger partial charge on any atom is -0.493 e. The van der Waals surface area contributed by atoms with Gasteiger partial charge >= 0.3 is 11.9 Å². The van der Waals surface area contributed by atoms with Crippen LogP contribution in [0.2, 0.25) is 0 Å². The third kappa shape index (κ3) is 27.6. The number of esters is 2. The highest BCUT2D eigenvalue weighted by atomic mass is 16.5. The lowest BCUT2D eigenvalue weighted by molar-refractivity contribution is -0.144. The second kappa shape index (κ2) is 32.0. The van der Waals surface area contributed by atoms with Gasteiger partial charge in [-0.05, 0) is 96.0 Å². The van der Waals surface area contributed by atoms with Gasteiger partial charge in [0.1, 0.15) is 11.5 Å². The molecule has 0 saturated heterocycles. The summed E-state index contributed by atoms with van der Waals surface area (Å²) < 4.78 is 23.1. The molecule has 0 aliphatic carbocycles. The molecule has 0 fully saturated rings. The summed E-state index contributed by atoms with van der Waals surface area (Å²) in [4.78, 5) is 26.0. The lowest BCUT2D eigenvalue weighted by atomic mass is 10.1. The van der Waals surface area contributed by atoms with Crippen LogP contribution in [-0.2, 0) is 25.6 Å². The fourth-order valence-corrected chi connectivity index (χ4v) is 5.72. The van der Waals surface area contributed by atoms with Gasteiger partial charge < -0.3 is 23.8 Å². The number of benzene rings is 1. The first-order valence-electron chi connectivity index (χ1n) is 19.8. The van der Waals surface area contributed by atoms with Crippen LogP contribution >= 0.6 is 0 Å². The predicted octanol–water partition coefficient (Wildman–Crippen LogP) is 11.0. The Morgan fingerprint density at radius 1 is 0.479 bits per heavy atom. The van der Waals surface area contributed by atoms with Crippen LogP contribution in [0.1, 0.15) is 174 Å². The number of carbonyl (C=O) groups excluding carboxylic acids is 2. The first kappa shape index (κ1) is 43.7. The summed E-state index contributed by atoms with van der Waals surface area (Å²) in [6.45, 7) is 7.65. The molecule has 7 heteroatoms. The Hall–Kier alpha value is -2.28. The lowest BCUT2D eigenvalue weighted by Crippen LogP contribution is -2.11. The normalized spacial score (nSPS) is 11.2. The fraction of sp³-hybridized carbons (Fsp3) is 0.805. The molecule has 1 aromatic rings. The maximum Gasteiger partial charge on any atom is 0.305 e. The van der Waals surface area contributed by atoms with Crippen molar-refractivity contribution in [2.45, 2.75) is 174 Å². The van der Waals surface area contributed by atoms with Gasteiger partial charge in [0, 0.05) is 25.5 Å². The van der Waals surface area contributed by atoms with Gasteiger partial charge in [0.05, 0.1) is 26.4 Å². The van der Waals surface area contributed by atoms with Gasteiger partial charge in [-0.1, -0.05) is 90.9 Å². The quantitative estimate of drug-likeness (QED) is 0.0531. The molecule has 0 spiro atoms. The summed E-state index contributed by atoms with van der Waals surface area (Å²) in [5, 5.41) is 0. The summed E-state index contributed by atoms with van der Waals surface area (Å²) >= 11 is 0. The van der Waals surface area contributed by atoms with Crippen LogP contribution in [0.25, 0.3) is 0 Å². The molecular formula is C41H73NO6. The highest BCUT2D eigenvalue weighted by molar-refractivity contribution is 5.69. The molecule has 0 heterocycles. The number of hydrogen-bond acceptors (Lipinski definition) is 7. The number of rotatable bonds is 34. The zero-order valence-corrected chi connectivity index (χ0v) is 31.6. The van der Waals surface area contributed by atoms with Crippen LogP contribution < -0.4 is 9.47 Å². The van der Waals surface area contributed by atoms with Gasteiger partial charge in [-0.25, -0.2) is 0 Å². The summed E-state index contributed by atoms with van der Waals surface area (Å²) in [7, 11) is 4.13. The number of carbonyl (C=O) groups is 2. The fourth-order valence-electron chi connectivity index (χ4n) is 5.72. The molecule has 7 nitrogen and oxygen atoms in total. The third-order valence-corrected chi connectivity index (χ3v) is 8.55. The van der Waals surface area contributed by atoms with Crippen molar-refractivity contribution in [3.8, 4) is 11.5 Å². The molecule has 0 N–H and O–H groups in total. The first-order chi connectivity index (χ1) is 23.4. The van der Waals surface area contributed by atoms with Crippen LogP contribution in [0.5, 0.6) is 11.5 Å². The van der Waals surface area contributed by atoms with E-state index in [-0.39, 0.29) is 11.9 Å². The molecular weight excluding hydrogens is 602 g/mol. The number of unbranched alkanes of at least 4 members (excludes halogenated alkanes) is 18. The lowest BCUT2D eigenvalue weighted by Gasteiger charge is -2.15. The Balaban J connectivity index is 2.15. The molecule has 0 saturated carbocycles. The maximum absolute atomic E-state index is 11.9. The number of nitrogens with zero attached hydrogens (tertiary/aromatic N) is 1. The van der Waals surface area contributed by atoms with E-state index in [1.54, 1.807) is 0 Å². The van der Waals surface area contributed by atoms with Crippen molar-refractivity contribution < 1.29 is 28.5 Å². The van der Waals surface area contributed by atoms with E-state index < -0.39 is 0 Å². The second-order valence-electron chi connectivity index (χ2n) is 13.8. The monoisotopic (exact) mass is 676 g/mol. The van der Waals surface area contributed by atoms with E-state index >= 15 is 0 Å². The molecule has 1 rings (SSSR count). The second-order valence-corrected chi connectivity index (χ2v) is 13.8. The Kier molecular flexibility index (Phi) is 29.1. The van der Waals surface area contributed by atoms with Crippen molar-refractivity contribution in [1.82, 2.24) is 4.90 Å². The summed E-state index contributed by atoms with van der Waals surface area (Å²) in [5.74, 6) is 1.60. The van der Waals surface area contributed by atoms with Crippen LogP contribution in [0.4, 0.5) is 0 Å². The van der Waals surface area contributed by atoms with E-state index in [0.717, 1.165) is 95.1 Å². The minimum atomic E-state index is -0.0469. The minimum absolute atomic E-state index is 0.0469. The molecule has 0 atom stereocenters. The Morgan fingerprint density at radius 3 is 1.23 bits per heavy atom. The van der Waals surface area contributed by atoms with Gasteiger partial charge in [0.25, 0.3) is 0 Å². The maximum atomic E-state index is 11.9. The smallest absolute Gasteiger partial charge is 0.305 e. The molecule has 0 aromatic heterocycles. The summed E-state index contributed by atoms with van der Waals surface area (Å²) in [6.07, 6.45) is 26.0. The van der Waals surface area contributed by atoms with Gasteiger partial charge in [0.15, 0.2) is 0 Å². The zero-order chi connectivity index (χ0) is 34.9. The number of ether oxygens (including phenoxy) is 4. The van der Waals surface area contributed by atoms with Gasteiger partial charge in [0.2, 0.25) is 0 Å². The Labute approximate surface area is 295 Å². The zero-order valence-electron chi connectivity index (χ0n) is 31.6. The van der Waals surface area contributed by atoms with Crippen LogP contribution in [-0.4, -0.2) is 57.4 Å². The van der Waals surface area contributed by atoms with Crippen LogP contribution in [0.3, 0.4) is 0 Å². The van der Waals surface area contributed by atoms with E-state index in [2.05, 4.69) is 45.0 Å². The van der Waals surface area contributed by atoms with Crippen molar-refractivity contribution in [1.29, 1.82) is 0 Å².